The topological polar surface area (TPSA) is 67.4 Å². The Bertz CT molecular complexity index is 463. The molecule has 8 heteroatoms. The minimum atomic E-state index is 0. The number of ether oxygens (including phenoxy) is 3. The molecule has 7 nitrogen and oxygen atoms in total. The van der Waals surface area contributed by atoms with Gasteiger partial charge in [0.1, 0.15) is 0 Å². The first-order valence-electron chi connectivity index (χ1n) is 11.8. The summed E-state index contributed by atoms with van der Waals surface area (Å²) in [5.41, 5.74) is 0. The Balaban J connectivity index is 0.00000320. The fourth-order valence-electron chi connectivity index (χ4n) is 4.39. The molecular formula is C22H43IN4O3. The van der Waals surface area contributed by atoms with Crippen molar-refractivity contribution in [2.24, 2.45) is 16.8 Å². The Labute approximate surface area is 200 Å². The number of piperidine rings is 1. The normalized spacial score (nSPS) is 24.6. The van der Waals surface area contributed by atoms with Crippen LogP contribution in [0.3, 0.4) is 0 Å². The molecule has 3 aliphatic rings. The lowest BCUT2D eigenvalue weighted by atomic mass is 10.0. The molecule has 3 aliphatic heterocycles. The summed E-state index contributed by atoms with van der Waals surface area (Å²) in [4.78, 5) is 7.37. The van der Waals surface area contributed by atoms with E-state index >= 15 is 0 Å². The molecule has 2 N–H and O–H groups in total. The number of nitrogens with zero attached hydrogens (tertiary/aromatic N) is 2. The van der Waals surface area contributed by atoms with E-state index < -0.39 is 0 Å². The Kier molecular flexibility index (Phi) is 13.6. The van der Waals surface area contributed by atoms with Crippen molar-refractivity contribution >= 4 is 29.9 Å². The van der Waals surface area contributed by atoms with Gasteiger partial charge >= 0.3 is 0 Å². The van der Waals surface area contributed by atoms with Crippen molar-refractivity contribution in [3.05, 3.63) is 0 Å². The molecule has 0 bridgehead atoms. The number of guanidine groups is 1. The van der Waals surface area contributed by atoms with Gasteiger partial charge in [-0.05, 0) is 57.3 Å². The van der Waals surface area contributed by atoms with E-state index in [2.05, 4.69) is 22.5 Å². The molecule has 0 aromatic carbocycles. The summed E-state index contributed by atoms with van der Waals surface area (Å²) >= 11 is 0. The molecular weight excluding hydrogens is 495 g/mol. The largest absolute Gasteiger partial charge is 0.381 e. The van der Waals surface area contributed by atoms with Crippen LogP contribution in [0, 0.1) is 11.8 Å². The van der Waals surface area contributed by atoms with Gasteiger partial charge in [-0.25, -0.2) is 0 Å². The molecule has 3 fully saturated rings. The third-order valence-electron chi connectivity index (χ3n) is 6.22. The molecule has 0 radical (unpaired) electrons. The predicted octanol–water partition coefficient (Wildman–Crippen LogP) is 2.49. The zero-order valence-electron chi connectivity index (χ0n) is 18.8. The molecule has 0 aromatic rings. The first-order valence-corrected chi connectivity index (χ1v) is 11.8. The van der Waals surface area contributed by atoms with Crippen LogP contribution < -0.4 is 10.6 Å². The van der Waals surface area contributed by atoms with Crippen LogP contribution in [0.15, 0.2) is 4.99 Å². The van der Waals surface area contributed by atoms with Crippen molar-refractivity contribution < 1.29 is 14.2 Å². The van der Waals surface area contributed by atoms with E-state index in [1.54, 1.807) is 0 Å². The van der Waals surface area contributed by atoms with Gasteiger partial charge in [-0.2, -0.15) is 0 Å². The van der Waals surface area contributed by atoms with Crippen molar-refractivity contribution in [3.63, 3.8) is 0 Å². The Morgan fingerprint density at radius 2 is 1.77 bits per heavy atom. The van der Waals surface area contributed by atoms with Crippen LogP contribution in [-0.2, 0) is 14.2 Å². The summed E-state index contributed by atoms with van der Waals surface area (Å²) in [6, 6.07) is 0.522. The minimum Gasteiger partial charge on any atom is -0.381 e. The fraction of sp³-hybridized carbons (Fsp3) is 0.955. The Hall–Kier alpha value is -0.160. The summed E-state index contributed by atoms with van der Waals surface area (Å²) in [6.45, 7) is 12.7. The standard InChI is InChI=1S/C22H42N4O3.HI/c1-2-23-22(24-9-3-12-28-17-19-6-13-27-14-7-19)25-21-4-10-26(11-5-21)16-20-8-15-29-18-20;/h19-21H,2-18H2,1H3,(H2,23,24,25);1H. The fourth-order valence-corrected chi connectivity index (χ4v) is 4.39. The van der Waals surface area contributed by atoms with E-state index in [-0.39, 0.29) is 24.0 Å². The van der Waals surface area contributed by atoms with E-state index in [1.165, 1.54) is 38.9 Å². The molecule has 30 heavy (non-hydrogen) atoms. The van der Waals surface area contributed by atoms with Gasteiger partial charge in [-0.3, -0.25) is 4.99 Å². The highest BCUT2D eigenvalue weighted by Crippen LogP contribution is 2.18. The van der Waals surface area contributed by atoms with Gasteiger partial charge in [0.05, 0.1) is 6.61 Å². The quantitative estimate of drug-likeness (QED) is 0.193. The smallest absolute Gasteiger partial charge is 0.191 e. The molecule has 0 amide bonds. The van der Waals surface area contributed by atoms with Crippen LogP contribution in [-0.4, -0.2) is 89.3 Å². The van der Waals surface area contributed by atoms with E-state index in [4.69, 9.17) is 19.2 Å². The number of halogens is 1. The van der Waals surface area contributed by atoms with Crippen molar-refractivity contribution in [2.75, 3.05) is 72.4 Å². The molecule has 3 rings (SSSR count). The SMILES string of the molecule is CCNC(=NCCCOCC1CCOCC1)NC1CCN(CC2CCOC2)CC1.I. The monoisotopic (exact) mass is 538 g/mol. The van der Waals surface area contributed by atoms with Gasteiger partial charge < -0.3 is 29.7 Å². The number of hydrogen-bond acceptors (Lipinski definition) is 5. The highest BCUT2D eigenvalue weighted by Gasteiger charge is 2.24. The highest BCUT2D eigenvalue weighted by atomic mass is 127. The van der Waals surface area contributed by atoms with Crippen molar-refractivity contribution in [3.8, 4) is 0 Å². The van der Waals surface area contributed by atoms with Crippen LogP contribution in [0.4, 0.5) is 0 Å². The molecule has 0 saturated carbocycles. The molecule has 176 valence electrons. The minimum absolute atomic E-state index is 0. The second-order valence-corrected chi connectivity index (χ2v) is 8.69. The average molecular weight is 539 g/mol. The lowest BCUT2D eigenvalue weighted by Gasteiger charge is -2.34. The number of nitrogens with one attached hydrogen (secondary N) is 2. The maximum atomic E-state index is 5.85. The summed E-state index contributed by atoms with van der Waals surface area (Å²) < 4.78 is 16.8. The van der Waals surface area contributed by atoms with E-state index in [0.717, 1.165) is 83.9 Å². The summed E-state index contributed by atoms with van der Waals surface area (Å²) in [7, 11) is 0. The van der Waals surface area contributed by atoms with Crippen LogP contribution in [0.2, 0.25) is 0 Å². The second kappa shape index (κ2) is 15.6. The number of likely N-dealkylation sites (tertiary alicyclic amines) is 1. The van der Waals surface area contributed by atoms with E-state index in [1.807, 2.05) is 0 Å². The predicted molar refractivity (Wildman–Crippen MR) is 132 cm³/mol. The lowest BCUT2D eigenvalue weighted by Crippen LogP contribution is -2.49. The Morgan fingerprint density at radius 3 is 2.47 bits per heavy atom. The zero-order valence-corrected chi connectivity index (χ0v) is 21.1. The first-order chi connectivity index (χ1) is 14.3. The maximum absolute atomic E-state index is 5.85. The maximum Gasteiger partial charge on any atom is 0.191 e. The van der Waals surface area contributed by atoms with Crippen LogP contribution in [0.5, 0.6) is 0 Å². The molecule has 0 aromatic heterocycles. The first kappa shape index (κ1) is 26.1. The Morgan fingerprint density at radius 1 is 1.03 bits per heavy atom. The third-order valence-corrected chi connectivity index (χ3v) is 6.22. The molecule has 1 atom stereocenters. The van der Waals surface area contributed by atoms with Gasteiger partial charge in [-0.15, -0.1) is 24.0 Å². The van der Waals surface area contributed by atoms with Crippen molar-refractivity contribution in [1.29, 1.82) is 0 Å². The van der Waals surface area contributed by atoms with Crippen molar-refractivity contribution in [1.82, 2.24) is 15.5 Å². The van der Waals surface area contributed by atoms with Gasteiger partial charge in [0, 0.05) is 71.8 Å². The summed E-state index contributed by atoms with van der Waals surface area (Å²) in [5.74, 6) is 2.38. The van der Waals surface area contributed by atoms with Crippen LogP contribution in [0.25, 0.3) is 0 Å². The third kappa shape index (κ3) is 9.97. The summed E-state index contributed by atoms with van der Waals surface area (Å²) in [6.07, 6.45) is 6.86. The summed E-state index contributed by atoms with van der Waals surface area (Å²) in [5, 5.41) is 7.04. The van der Waals surface area contributed by atoms with Crippen LogP contribution in [0.1, 0.15) is 45.4 Å². The second-order valence-electron chi connectivity index (χ2n) is 8.69. The molecule has 0 spiro atoms. The van der Waals surface area contributed by atoms with Gasteiger partial charge in [0.25, 0.3) is 0 Å². The molecule has 3 saturated heterocycles. The number of hydrogen-bond donors (Lipinski definition) is 2. The van der Waals surface area contributed by atoms with Gasteiger partial charge in [0.2, 0.25) is 0 Å². The number of aliphatic imine (C=N–C) groups is 1. The highest BCUT2D eigenvalue weighted by molar-refractivity contribution is 14.0. The van der Waals surface area contributed by atoms with E-state index in [0.29, 0.717) is 12.0 Å². The van der Waals surface area contributed by atoms with Crippen molar-refractivity contribution in [2.45, 2.75) is 51.5 Å². The lowest BCUT2D eigenvalue weighted by molar-refractivity contribution is 0.0205. The number of rotatable bonds is 10. The molecule has 3 heterocycles. The average Bonchev–Trinajstić information content (AvgIpc) is 3.26. The molecule has 0 aliphatic carbocycles. The van der Waals surface area contributed by atoms with Gasteiger partial charge in [0.15, 0.2) is 5.96 Å². The zero-order chi connectivity index (χ0) is 20.2. The van der Waals surface area contributed by atoms with Crippen LogP contribution >= 0.6 is 24.0 Å². The van der Waals surface area contributed by atoms with E-state index in [9.17, 15) is 0 Å². The molecule has 1 unspecified atom stereocenters. The van der Waals surface area contributed by atoms with Gasteiger partial charge in [-0.1, -0.05) is 0 Å².